The van der Waals surface area contributed by atoms with Crippen LogP contribution >= 0.6 is 11.3 Å². The minimum Gasteiger partial charge on any atom is -0.335 e. The Labute approximate surface area is 189 Å². The summed E-state index contributed by atoms with van der Waals surface area (Å²) in [6.07, 6.45) is 4.28. The van der Waals surface area contributed by atoms with Gasteiger partial charge in [-0.25, -0.2) is 14.5 Å². The molecule has 1 aromatic carbocycles. The summed E-state index contributed by atoms with van der Waals surface area (Å²) < 4.78 is 3.22. The Morgan fingerprint density at radius 3 is 2.59 bits per heavy atom. The van der Waals surface area contributed by atoms with Crippen LogP contribution in [0.25, 0.3) is 5.69 Å². The predicted octanol–water partition coefficient (Wildman–Crippen LogP) is 3.19. The van der Waals surface area contributed by atoms with Crippen LogP contribution in [0.3, 0.4) is 0 Å². The van der Waals surface area contributed by atoms with Crippen LogP contribution in [0.15, 0.2) is 40.5 Å². The summed E-state index contributed by atoms with van der Waals surface area (Å²) in [6.45, 7) is 1.78. The van der Waals surface area contributed by atoms with Crippen LogP contribution in [0.4, 0.5) is 15.6 Å². The van der Waals surface area contributed by atoms with E-state index in [9.17, 15) is 14.4 Å². The zero-order valence-electron chi connectivity index (χ0n) is 18.1. The van der Waals surface area contributed by atoms with Gasteiger partial charge in [0.1, 0.15) is 5.69 Å². The lowest BCUT2D eigenvalue weighted by Crippen LogP contribution is -2.36. The van der Waals surface area contributed by atoms with Crippen molar-refractivity contribution in [1.82, 2.24) is 19.7 Å². The molecule has 3 aromatic rings. The molecule has 0 unspecified atom stereocenters. The third-order valence-corrected chi connectivity index (χ3v) is 6.43. The second-order valence-electron chi connectivity index (χ2n) is 7.89. The van der Waals surface area contributed by atoms with Crippen LogP contribution in [0, 0.1) is 6.92 Å². The lowest BCUT2D eigenvalue weighted by molar-refractivity contribution is -0.115. The quantitative estimate of drug-likeness (QED) is 0.531. The van der Waals surface area contributed by atoms with Crippen LogP contribution in [0.1, 0.15) is 37.1 Å². The Balaban J connectivity index is 1.39. The number of hydrogen-bond acceptors (Lipinski definition) is 5. The van der Waals surface area contributed by atoms with E-state index in [1.54, 1.807) is 24.0 Å². The van der Waals surface area contributed by atoms with Crippen molar-refractivity contribution in [2.45, 2.75) is 45.1 Å². The maximum Gasteiger partial charge on any atom is 0.321 e. The highest BCUT2D eigenvalue weighted by molar-refractivity contribution is 7.13. The van der Waals surface area contributed by atoms with Crippen molar-refractivity contribution in [3.05, 3.63) is 57.5 Å². The molecular formula is C22H26N6O3S. The van der Waals surface area contributed by atoms with Crippen molar-refractivity contribution < 1.29 is 9.59 Å². The molecule has 0 spiro atoms. The van der Waals surface area contributed by atoms with E-state index in [1.165, 1.54) is 16.0 Å². The molecule has 1 saturated carbocycles. The number of para-hydroxylation sites is 1. The first-order valence-corrected chi connectivity index (χ1v) is 11.5. The molecule has 4 rings (SSSR count). The van der Waals surface area contributed by atoms with E-state index in [-0.39, 0.29) is 35.6 Å². The maximum absolute atomic E-state index is 12.9. The first kappa shape index (κ1) is 21.8. The third-order valence-electron chi connectivity index (χ3n) is 5.62. The second kappa shape index (κ2) is 9.39. The summed E-state index contributed by atoms with van der Waals surface area (Å²) in [5.41, 5.74) is 1.84. The minimum atomic E-state index is -0.344. The molecule has 0 bridgehead atoms. The molecule has 9 nitrogen and oxygen atoms in total. The van der Waals surface area contributed by atoms with Gasteiger partial charge < -0.3 is 10.6 Å². The molecule has 0 radical (unpaired) electrons. The van der Waals surface area contributed by atoms with E-state index in [2.05, 4.69) is 20.9 Å². The number of amides is 3. The Kier molecular flexibility index (Phi) is 6.40. The van der Waals surface area contributed by atoms with Gasteiger partial charge in [-0.3, -0.25) is 19.6 Å². The van der Waals surface area contributed by atoms with Crippen LogP contribution in [0.5, 0.6) is 0 Å². The predicted molar refractivity (Wildman–Crippen MR) is 125 cm³/mol. The first-order chi connectivity index (χ1) is 15.4. The SMILES string of the molecule is Cc1c(NC(=O)Cc2csc(NC(=O)NC3CCCC3)n2)c(=O)n(-c2ccccc2)n1C. The number of rotatable bonds is 6. The number of hydrogen-bond donors (Lipinski definition) is 3. The minimum absolute atomic E-state index is 0.00152. The molecule has 0 atom stereocenters. The zero-order chi connectivity index (χ0) is 22.7. The van der Waals surface area contributed by atoms with Gasteiger partial charge in [0.2, 0.25) is 5.91 Å². The highest BCUT2D eigenvalue weighted by atomic mass is 32.1. The fraction of sp³-hybridized carbons (Fsp3) is 0.364. The highest BCUT2D eigenvalue weighted by Gasteiger charge is 2.20. The first-order valence-electron chi connectivity index (χ1n) is 10.6. The van der Waals surface area contributed by atoms with Crippen molar-refractivity contribution >= 4 is 34.1 Å². The number of thiazole rings is 1. The molecule has 1 fully saturated rings. The molecule has 0 saturated heterocycles. The summed E-state index contributed by atoms with van der Waals surface area (Å²) in [5.74, 6) is -0.344. The van der Waals surface area contributed by atoms with Crippen LogP contribution < -0.4 is 21.5 Å². The number of aromatic nitrogens is 3. The van der Waals surface area contributed by atoms with Crippen molar-refractivity contribution in [1.29, 1.82) is 0 Å². The lowest BCUT2D eigenvalue weighted by atomic mass is 10.3. The standard InChI is InChI=1S/C22H26N6O3S/c1-14-19(20(30)28(27(14)2)17-10-4-3-5-11-17)25-18(29)12-16-13-32-22(24-16)26-21(31)23-15-8-6-7-9-15/h3-5,10-11,13,15H,6-9,12H2,1-2H3,(H,25,29)(H2,23,24,26,31). The molecular weight excluding hydrogens is 428 g/mol. The molecule has 1 aliphatic carbocycles. The fourth-order valence-corrected chi connectivity index (χ4v) is 4.60. The normalized spacial score (nSPS) is 13.8. The van der Waals surface area contributed by atoms with Crippen LogP contribution in [0.2, 0.25) is 0 Å². The van der Waals surface area contributed by atoms with Gasteiger partial charge in [-0.15, -0.1) is 11.3 Å². The molecule has 2 aromatic heterocycles. The number of carbonyl (C=O) groups is 2. The molecule has 0 aliphatic heterocycles. The van der Waals surface area contributed by atoms with Gasteiger partial charge >= 0.3 is 6.03 Å². The van der Waals surface area contributed by atoms with Gasteiger partial charge in [0.25, 0.3) is 5.56 Å². The molecule has 1 aliphatic rings. The topological polar surface area (TPSA) is 110 Å². The van der Waals surface area contributed by atoms with Crippen molar-refractivity contribution in [3.8, 4) is 5.69 Å². The van der Waals surface area contributed by atoms with Gasteiger partial charge in [-0.1, -0.05) is 31.0 Å². The zero-order valence-corrected chi connectivity index (χ0v) is 18.9. The van der Waals surface area contributed by atoms with Gasteiger partial charge in [0.05, 0.1) is 23.5 Å². The van der Waals surface area contributed by atoms with Crippen LogP contribution in [-0.4, -0.2) is 32.3 Å². The van der Waals surface area contributed by atoms with Crippen molar-refractivity contribution in [2.24, 2.45) is 7.05 Å². The number of benzene rings is 1. The summed E-state index contributed by atoms with van der Waals surface area (Å²) in [5, 5.41) is 10.6. The van der Waals surface area contributed by atoms with Gasteiger partial charge in [0.15, 0.2) is 5.13 Å². The lowest BCUT2D eigenvalue weighted by Gasteiger charge is -2.11. The third kappa shape index (κ3) is 4.75. The van der Waals surface area contributed by atoms with E-state index < -0.39 is 0 Å². The Morgan fingerprint density at radius 1 is 1.16 bits per heavy atom. The smallest absolute Gasteiger partial charge is 0.321 e. The van der Waals surface area contributed by atoms with Gasteiger partial charge in [0, 0.05) is 18.5 Å². The van der Waals surface area contributed by atoms with Gasteiger partial charge in [-0.05, 0) is 31.9 Å². The monoisotopic (exact) mass is 454 g/mol. The van der Waals surface area contributed by atoms with Gasteiger partial charge in [-0.2, -0.15) is 0 Å². The number of nitrogens with zero attached hydrogens (tertiary/aromatic N) is 3. The fourth-order valence-electron chi connectivity index (χ4n) is 3.89. The van der Waals surface area contributed by atoms with E-state index >= 15 is 0 Å². The molecule has 10 heteroatoms. The molecule has 3 N–H and O–H groups in total. The Bertz CT molecular complexity index is 1170. The second-order valence-corrected chi connectivity index (χ2v) is 8.74. The van der Waals surface area contributed by atoms with E-state index in [4.69, 9.17) is 0 Å². The summed E-state index contributed by atoms with van der Waals surface area (Å²) in [4.78, 5) is 41.9. The molecule has 168 valence electrons. The number of urea groups is 1. The molecule has 32 heavy (non-hydrogen) atoms. The average molecular weight is 455 g/mol. The summed E-state index contributed by atoms with van der Waals surface area (Å²) in [6, 6.07) is 9.19. The molecule has 3 amide bonds. The van der Waals surface area contributed by atoms with E-state index in [0.717, 1.165) is 31.4 Å². The van der Waals surface area contributed by atoms with Crippen molar-refractivity contribution in [2.75, 3.05) is 10.6 Å². The number of anilines is 2. The average Bonchev–Trinajstić information content (AvgIpc) is 3.48. The highest BCUT2D eigenvalue weighted by Crippen LogP contribution is 2.20. The summed E-state index contributed by atoms with van der Waals surface area (Å²) in [7, 11) is 1.77. The van der Waals surface area contributed by atoms with E-state index in [1.807, 2.05) is 30.3 Å². The Hall–Kier alpha value is -3.40. The Morgan fingerprint density at radius 2 is 1.88 bits per heavy atom. The molecule has 2 heterocycles. The van der Waals surface area contributed by atoms with Crippen molar-refractivity contribution in [3.63, 3.8) is 0 Å². The number of carbonyl (C=O) groups excluding carboxylic acids is 2. The summed E-state index contributed by atoms with van der Waals surface area (Å²) >= 11 is 1.26. The van der Waals surface area contributed by atoms with E-state index in [0.29, 0.717) is 16.5 Å². The largest absolute Gasteiger partial charge is 0.335 e. The maximum atomic E-state index is 12.9. The number of nitrogens with one attached hydrogen (secondary N) is 3. The van der Waals surface area contributed by atoms with Crippen LogP contribution in [-0.2, 0) is 18.3 Å².